The maximum absolute atomic E-state index is 11.9. The number of aliphatic hydroxyl groups excluding tert-OH is 1. The molecule has 0 fully saturated rings. The van der Waals surface area contributed by atoms with Crippen LogP contribution < -0.4 is 10.6 Å². The summed E-state index contributed by atoms with van der Waals surface area (Å²) in [5.41, 5.74) is 0.864. The molecule has 0 aromatic heterocycles. The van der Waals surface area contributed by atoms with Crippen molar-refractivity contribution in [2.45, 2.75) is 39.1 Å². The third kappa shape index (κ3) is 7.46. The highest BCUT2D eigenvalue weighted by Crippen LogP contribution is 2.08. The summed E-state index contributed by atoms with van der Waals surface area (Å²) in [4.78, 5) is 23.2. The fourth-order valence-electron chi connectivity index (χ4n) is 2.00. The number of carbonyl (C=O) groups is 2. The third-order valence-electron chi connectivity index (χ3n) is 3.10. The normalized spacial score (nSPS) is 13.0. The number of rotatable bonds is 8. The fraction of sp³-hybridized carbons (Fsp3) is 0.412. The van der Waals surface area contributed by atoms with Crippen LogP contribution in [-0.4, -0.2) is 29.4 Å². The number of ether oxygens (including phenoxy) is 1. The van der Waals surface area contributed by atoms with E-state index < -0.39 is 24.3 Å². The van der Waals surface area contributed by atoms with Crippen LogP contribution in [0.15, 0.2) is 43.0 Å². The van der Waals surface area contributed by atoms with Crippen molar-refractivity contribution >= 4 is 12.0 Å². The van der Waals surface area contributed by atoms with Gasteiger partial charge < -0.3 is 20.5 Å². The molecule has 2 amide bonds. The Balaban J connectivity index is 2.55. The predicted molar refractivity (Wildman–Crippen MR) is 87.4 cm³/mol. The van der Waals surface area contributed by atoms with Crippen LogP contribution in [0, 0.1) is 5.92 Å². The minimum absolute atomic E-state index is 0.135. The average molecular weight is 320 g/mol. The van der Waals surface area contributed by atoms with Gasteiger partial charge in [0.05, 0.1) is 6.04 Å². The van der Waals surface area contributed by atoms with E-state index in [9.17, 15) is 14.7 Å². The molecule has 6 nitrogen and oxygen atoms in total. The van der Waals surface area contributed by atoms with Crippen LogP contribution >= 0.6 is 0 Å². The Morgan fingerprint density at radius 1 is 1.26 bits per heavy atom. The van der Waals surface area contributed by atoms with Gasteiger partial charge in [0.1, 0.15) is 12.8 Å². The highest BCUT2D eigenvalue weighted by atomic mass is 16.5. The van der Waals surface area contributed by atoms with E-state index in [1.54, 1.807) is 0 Å². The van der Waals surface area contributed by atoms with Crippen molar-refractivity contribution in [3.05, 3.63) is 48.6 Å². The summed E-state index contributed by atoms with van der Waals surface area (Å²) in [6.07, 6.45) is -0.318. The molecule has 0 aliphatic rings. The van der Waals surface area contributed by atoms with Crippen molar-refractivity contribution in [1.29, 1.82) is 0 Å². The first-order chi connectivity index (χ1) is 10.9. The van der Waals surface area contributed by atoms with Gasteiger partial charge in [-0.05, 0) is 24.0 Å². The van der Waals surface area contributed by atoms with E-state index in [0.717, 1.165) is 11.6 Å². The number of benzene rings is 1. The molecule has 6 heteroatoms. The quantitative estimate of drug-likeness (QED) is 0.504. The molecule has 0 spiro atoms. The lowest BCUT2D eigenvalue weighted by Crippen LogP contribution is -2.52. The third-order valence-corrected chi connectivity index (χ3v) is 3.10. The lowest BCUT2D eigenvalue weighted by Gasteiger charge is -2.25. The molecule has 23 heavy (non-hydrogen) atoms. The number of amides is 2. The van der Waals surface area contributed by atoms with Gasteiger partial charge in [0.25, 0.3) is 0 Å². The second kappa shape index (κ2) is 9.63. The van der Waals surface area contributed by atoms with Gasteiger partial charge in [-0.2, -0.15) is 0 Å². The second-order valence-electron chi connectivity index (χ2n) is 5.60. The summed E-state index contributed by atoms with van der Waals surface area (Å²) >= 11 is 0. The first-order valence-electron chi connectivity index (χ1n) is 7.50. The van der Waals surface area contributed by atoms with E-state index in [-0.39, 0.29) is 12.5 Å². The first kappa shape index (κ1) is 18.7. The molecule has 1 aromatic carbocycles. The predicted octanol–water partition coefficient (Wildman–Crippen LogP) is 1.95. The number of hydrogen-bond acceptors (Lipinski definition) is 4. The van der Waals surface area contributed by atoms with E-state index in [2.05, 4.69) is 17.2 Å². The summed E-state index contributed by atoms with van der Waals surface area (Å²) in [5, 5.41) is 15.0. The maximum Gasteiger partial charge on any atom is 0.407 e. The molecule has 0 saturated carbocycles. The van der Waals surface area contributed by atoms with Gasteiger partial charge in [-0.1, -0.05) is 50.8 Å². The van der Waals surface area contributed by atoms with Crippen LogP contribution in [0.25, 0.3) is 0 Å². The Hall–Kier alpha value is -2.34. The largest absolute Gasteiger partial charge is 0.445 e. The van der Waals surface area contributed by atoms with Crippen molar-refractivity contribution in [2.24, 2.45) is 5.92 Å². The van der Waals surface area contributed by atoms with Gasteiger partial charge in [-0.25, -0.2) is 4.79 Å². The summed E-state index contributed by atoms with van der Waals surface area (Å²) in [7, 11) is 0. The summed E-state index contributed by atoms with van der Waals surface area (Å²) < 4.78 is 5.13. The van der Waals surface area contributed by atoms with Gasteiger partial charge in [0.15, 0.2) is 0 Å². The zero-order chi connectivity index (χ0) is 17.2. The molecule has 2 atom stereocenters. The molecule has 126 valence electrons. The van der Waals surface area contributed by atoms with Crippen LogP contribution in [0.4, 0.5) is 4.79 Å². The number of aliphatic hydroxyl groups is 1. The molecule has 0 heterocycles. The summed E-state index contributed by atoms with van der Waals surface area (Å²) in [6.45, 7) is 7.36. The maximum atomic E-state index is 11.9. The van der Waals surface area contributed by atoms with Crippen LogP contribution in [0.1, 0.15) is 25.8 Å². The standard InChI is InChI=1S/C17H24N2O4/c1-4-15(20)19-16(21)14(10-12(2)3)18-17(22)23-11-13-8-6-5-7-9-13/h4-9,12,14,16,21H,1,10-11H2,2-3H3,(H,18,22)(H,19,20)/t14-,16?/m0/s1. The van der Waals surface area contributed by atoms with Crippen LogP contribution in [0.5, 0.6) is 0 Å². The zero-order valence-electron chi connectivity index (χ0n) is 13.5. The number of alkyl carbamates (subject to hydrolysis) is 1. The average Bonchev–Trinajstić information content (AvgIpc) is 2.52. The Labute approximate surface area is 136 Å². The zero-order valence-corrected chi connectivity index (χ0v) is 13.5. The van der Waals surface area contributed by atoms with Crippen molar-refractivity contribution in [1.82, 2.24) is 10.6 Å². The van der Waals surface area contributed by atoms with Crippen LogP contribution in [-0.2, 0) is 16.1 Å². The lowest BCUT2D eigenvalue weighted by molar-refractivity contribution is -0.120. The van der Waals surface area contributed by atoms with Crippen LogP contribution in [0.3, 0.4) is 0 Å². The molecule has 0 aliphatic carbocycles. The van der Waals surface area contributed by atoms with Crippen molar-refractivity contribution in [3.63, 3.8) is 0 Å². The second-order valence-corrected chi connectivity index (χ2v) is 5.60. The minimum Gasteiger partial charge on any atom is -0.445 e. The molecule has 0 radical (unpaired) electrons. The Morgan fingerprint density at radius 2 is 1.91 bits per heavy atom. The monoisotopic (exact) mass is 320 g/mol. The molecule has 0 bridgehead atoms. The highest BCUT2D eigenvalue weighted by Gasteiger charge is 2.24. The van der Waals surface area contributed by atoms with E-state index in [4.69, 9.17) is 4.74 Å². The van der Waals surface area contributed by atoms with Crippen molar-refractivity contribution in [3.8, 4) is 0 Å². The van der Waals surface area contributed by atoms with E-state index >= 15 is 0 Å². The van der Waals surface area contributed by atoms with E-state index in [1.807, 2.05) is 44.2 Å². The molecule has 1 aromatic rings. The summed E-state index contributed by atoms with van der Waals surface area (Å²) in [5.74, 6) is -0.296. The molecular weight excluding hydrogens is 296 g/mol. The van der Waals surface area contributed by atoms with Gasteiger partial charge in [-0.3, -0.25) is 4.79 Å². The SMILES string of the molecule is C=CC(=O)NC(O)[C@H](CC(C)C)NC(=O)OCc1ccccc1. The van der Waals surface area contributed by atoms with Gasteiger partial charge in [0.2, 0.25) is 5.91 Å². The lowest BCUT2D eigenvalue weighted by atomic mass is 10.0. The fourth-order valence-corrected chi connectivity index (χ4v) is 2.00. The molecule has 3 N–H and O–H groups in total. The van der Waals surface area contributed by atoms with Crippen molar-refractivity contribution < 1.29 is 19.4 Å². The van der Waals surface area contributed by atoms with E-state index in [1.165, 1.54) is 0 Å². The highest BCUT2D eigenvalue weighted by molar-refractivity contribution is 5.87. The van der Waals surface area contributed by atoms with Crippen LogP contribution in [0.2, 0.25) is 0 Å². The van der Waals surface area contributed by atoms with Gasteiger partial charge in [0, 0.05) is 0 Å². The number of nitrogens with one attached hydrogen (secondary N) is 2. The van der Waals surface area contributed by atoms with Gasteiger partial charge in [-0.15, -0.1) is 0 Å². The van der Waals surface area contributed by atoms with Crippen molar-refractivity contribution in [2.75, 3.05) is 0 Å². The minimum atomic E-state index is -1.22. The molecule has 1 rings (SSSR count). The molecular formula is C17H24N2O4. The Morgan fingerprint density at radius 3 is 2.48 bits per heavy atom. The summed E-state index contributed by atoms with van der Waals surface area (Å²) in [6, 6.07) is 8.62. The first-order valence-corrected chi connectivity index (χ1v) is 7.50. The topological polar surface area (TPSA) is 87.7 Å². The number of hydrogen-bond donors (Lipinski definition) is 3. The number of carbonyl (C=O) groups excluding carboxylic acids is 2. The smallest absolute Gasteiger partial charge is 0.407 e. The molecule has 0 saturated heterocycles. The van der Waals surface area contributed by atoms with E-state index in [0.29, 0.717) is 6.42 Å². The molecule has 0 aliphatic heterocycles. The van der Waals surface area contributed by atoms with Gasteiger partial charge >= 0.3 is 6.09 Å². The molecule has 1 unspecified atom stereocenters. The Kier molecular flexibility index (Phi) is 7.83. The Bertz CT molecular complexity index is 517.